The van der Waals surface area contributed by atoms with Gasteiger partial charge < -0.3 is 14.6 Å². The van der Waals surface area contributed by atoms with Gasteiger partial charge in [-0.05, 0) is 22.6 Å². The van der Waals surface area contributed by atoms with Gasteiger partial charge in [0.15, 0.2) is 0 Å². The predicted molar refractivity (Wildman–Crippen MR) is 57.0 cm³/mol. The molecular weight excluding hydrogens is 299 g/mol. The smallest absolute Gasteiger partial charge is 0.348 e. The van der Waals surface area contributed by atoms with E-state index in [2.05, 4.69) is 0 Å². The fourth-order valence-corrected chi connectivity index (χ4v) is 2.27. The lowest BCUT2D eigenvalue weighted by Crippen LogP contribution is -2.34. The number of carbonyl (C=O) groups is 1. The highest BCUT2D eigenvalue weighted by molar-refractivity contribution is 14.1. The number of halogens is 1. The third kappa shape index (κ3) is 1.94. The van der Waals surface area contributed by atoms with E-state index in [9.17, 15) is 9.90 Å². The van der Waals surface area contributed by atoms with Gasteiger partial charge in [-0.3, -0.25) is 0 Å². The summed E-state index contributed by atoms with van der Waals surface area (Å²) in [4.78, 5) is 11.3. The van der Waals surface area contributed by atoms with Crippen LogP contribution < -0.4 is 0 Å². The van der Waals surface area contributed by atoms with Crippen LogP contribution >= 0.6 is 22.6 Å². The number of hydrogen-bond acceptors (Lipinski definition) is 4. The van der Waals surface area contributed by atoms with Crippen LogP contribution in [0, 0.1) is 0 Å². The maximum absolute atomic E-state index is 11.3. The zero-order valence-corrected chi connectivity index (χ0v) is 9.64. The molecule has 1 fully saturated rings. The van der Waals surface area contributed by atoms with E-state index in [0.717, 1.165) is 0 Å². The first-order valence-electron chi connectivity index (χ1n) is 4.50. The SMILES string of the molecule is O=C1OCC[C@@]1(I)O[C@H]1C=C[C@@H](O)C1. The molecule has 0 aromatic carbocycles. The average molecular weight is 310 g/mol. The van der Waals surface area contributed by atoms with Crippen molar-refractivity contribution in [3.63, 3.8) is 0 Å². The van der Waals surface area contributed by atoms with Gasteiger partial charge in [0.1, 0.15) is 0 Å². The van der Waals surface area contributed by atoms with Gasteiger partial charge in [0, 0.05) is 12.8 Å². The summed E-state index contributed by atoms with van der Waals surface area (Å²) in [5.74, 6) is -0.312. The highest BCUT2D eigenvalue weighted by atomic mass is 127. The molecule has 3 atom stereocenters. The summed E-state index contributed by atoms with van der Waals surface area (Å²) in [6.07, 6.45) is 3.96. The van der Waals surface area contributed by atoms with E-state index in [1.807, 2.05) is 22.6 Å². The van der Waals surface area contributed by atoms with Crippen molar-refractivity contribution in [2.45, 2.75) is 28.7 Å². The maximum atomic E-state index is 11.3. The van der Waals surface area contributed by atoms with Crippen molar-refractivity contribution < 1.29 is 19.4 Å². The van der Waals surface area contributed by atoms with E-state index >= 15 is 0 Å². The Hall–Kier alpha value is -0.140. The molecule has 0 unspecified atom stereocenters. The van der Waals surface area contributed by atoms with Crippen LogP contribution in [0.4, 0.5) is 0 Å². The molecule has 0 spiro atoms. The van der Waals surface area contributed by atoms with Gasteiger partial charge in [-0.1, -0.05) is 12.2 Å². The van der Waals surface area contributed by atoms with Crippen LogP contribution in [0.5, 0.6) is 0 Å². The Morgan fingerprint density at radius 3 is 2.93 bits per heavy atom. The number of hydrogen-bond donors (Lipinski definition) is 1. The Morgan fingerprint density at radius 2 is 2.43 bits per heavy atom. The molecule has 4 nitrogen and oxygen atoms in total. The monoisotopic (exact) mass is 310 g/mol. The second kappa shape index (κ2) is 3.79. The summed E-state index contributed by atoms with van der Waals surface area (Å²) >= 11 is 1.98. The van der Waals surface area contributed by atoms with Gasteiger partial charge in [-0.15, -0.1) is 0 Å². The van der Waals surface area contributed by atoms with E-state index in [1.165, 1.54) is 0 Å². The highest BCUT2D eigenvalue weighted by Crippen LogP contribution is 2.35. The molecule has 1 aliphatic heterocycles. The topological polar surface area (TPSA) is 55.8 Å². The number of aliphatic hydroxyl groups excluding tert-OH is 1. The fourth-order valence-electron chi connectivity index (χ4n) is 1.57. The standard InChI is InChI=1S/C9H11IO4/c10-9(3-4-13-8(9)12)14-7-2-1-6(11)5-7/h1-2,6-7,11H,3-5H2/t6-,7+,9-/m1/s1. The Balaban J connectivity index is 1.97. The molecule has 5 heteroatoms. The largest absolute Gasteiger partial charge is 0.463 e. The van der Waals surface area contributed by atoms with Crippen LogP contribution in [0.1, 0.15) is 12.8 Å². The summed E-state index contributed by atoms with van der Waals surface area (Å²) in [6, 6.07) is 0. The summed E-state index contributed by atoms with van der Waals surface area (Å²) in [7, 11) is 0. The first kappa shape index (κ1) is 10.4. The van der Waals surface area contributed by atoms with E-state index in [0.29, 0.717) is 19.4 Å². The third-order valence-electron chi connectivity index (χ3n) is 2.32. The number of rotatable bonds is 2. The molecule has 1 N–H and O–H groups in total. The quantitative estimate of drug-likeness (QED) is 0.354. The van der Waals surface area contributed by atoms with Crippen molar-refractivity contribution in [1.82, 2.24) is 0 Å². The molecule has 2 rings (SSSR count). The fraction of sp³-hybridized carbons (Fsp3) is 0.667. The van der Waals surface area contributed by atoms with Crippen LogP contribution in [0.3, 0.4) is 0 Å². The van der Waals surface area contributed by atoms with Gasteiger partial charge in [0.2, 0.25) is 3.61 Å². The number of alkyl halides is 1. The van der Waals surface area contributed by atoms with E-state index in [1.54, 1.807) is 12.2 Å². The molecular formula is C9H11IO4. The van der Waals surface area contributed by atoms with Gasteiger partial charge in [-0.25, -0.2) is 4.79 Å². The Labute approximate surface area is 95.4 Å². The summed E-state index contributed by atoms with van der Waals surface area (Å²) in [5.41, 5.74) is 0. The predicted octanol–water partition coefficient (Wildman–Crippen LogP) is 0.771. The second-order valence-electron chi connectivity index (χ2n) is 3.46. The number of carbonyl (C=O) groups excluding carboxylic acids is 1. The van der Waals surface area contributed by atoms with Crippen molar-refractivity contribution in [2.75, 3.05) is 6.61 Å². The molecule has 0 radical (unpaired) electrons. The molecule has 2 aliphatic rings. The number of ether oxygens (including phenoxy) is 2. The third-order valence-corrected chi connectivity index (χ3v) is 3.56. The van der Waals surface area contributed by atoms with Gasteiger partial charge >= 0.3 is 5.97 Å². The van der Waals surface area contributed by atoms with E-state index in [4.69, 9.17) is 9.47 Å². The van der Waals surface area contributed by atoms with Crippen LogP contribution in [-0.2, 0) is 14.3 Å². The molecule has 1 aliphatic carbocycles. The zero-order valence-electron chi connectivity index (χ0n) is 7.48. The Kier molecular flexibility index (Phi) is 2.81. The molecule has 0 aromatic heterocycles. The molecule has 1 saturated heterocycles. The van der Waals surface area contributed by atoms with E-state index in [-0.39, 0.29) is 12.1 Å². The number of esters is 1. The highest BCUT2D eigenvalue weighted by Gasteiger charge is 2.45. The van der Waals surface area contributed by atoms with Crippen LogP contribution in [-0.4, -0.2) is 33.5 Å². The maximum Gasteiger partial charge on any atom is 0.348 e. The lowest BCUT2D eigenvalue weighted by atomic mass is 10.2. The lowest BCUT2D eigenvalue weighted by Gasteiger charge is -2.22. The van der Waals surface area contributed by atoms with Crippen LogP contribution in [0.25, 0.3) is 0 Å². The van der Waals surface area contributed by atoms with Gasteiger partial charge in [0.25, 0.3) is 0 Å². The zero-order chi connectivity index (χ0) is 10.2. The molecule has 78 valence electrons. The molecule has 0 aromatic rings. The van der Waals surface area contributed by atoms with Crippen molar-refractivity contribution in [2.24, 2.45) is 0 Å². The first-order valence-corrected chi connectivity index (χ1v) is 5.58. The number of cyclic esters (lactones) is 1. The van der Waals surface area contributed by atoms with Crippen molar-refractivity contribution in [3.8, 4) is 0 Å². The van der Waals surface area contributed by atoms with Crippen molar-refractivity contribution >= 4 is 28.6 Å². The Bertz CT molecular complexity index is 278. The molecule has 14 heavy (non-hydrogen) atoms. The second-order valence-corrected chi connectivity index (χ2v) is 5.20. The number of aliphatic hydroxyl groups is 1. The van der Waals surface area contributed by atoms with E-state index < -0.39 is 9.71 Å². The van der Waals surface area contributed by atoms with Crippen molar-refractivity contribution in [3.05, 3.63) is 12.2 Å². The van der Waals surface area contributed by atoms with Crippen molar-refractivity contribution in [1.29, 1.82) is 0 Å². The summed E-state index contributed by atoms with van der Waals surface area (Å²) in [5, 5.41) is 9.24. The first-order chi connectivity index (χ1) is 6.60. The van der Waals surface area contributed by atoms with Gasteiger partial charge in [-0.2, -0.15) is 0 Å². The minimum atomic E-state index is -0.850. The molecule has 0 amide bonds. The normalized spacial score (nSPS) is 41.7. The summed E-state index contributed by atoms with van der Waals surface area (Å²) < 4.78 is 9.60. The lowest BCUT2D eigenvalue weighted by molar-refractivity contribution is -0.150. The summed E-state index contributed by atoms with van der Waals surface area (Å²) in [6.45, 7) is 0.417. The minimum Gasteiger partial charge on any atom is -0.463 e. The van der Waals surface area contributed by atoms with Crippen LogP contribution in [0.2, 0.25) is 0 Å². The molecule has 1 heterocycles. The Morgan fingerprint density at radius 1 is 1.64 bits per heavy atom. The molecule has 0 saturated carbocycles. The van der Waals surface area contributed by atoms with Crippen LogP contribution in [0.15, 0.2) is 12.2 Å². The molecule has 0 bridgehead atoms. The average Bonchev–Trinajstić information content (AvgIpc) is 2.62. The van der Waals surface area contributed by atoms with Gasteiger partial charge in [0.05, 0.1) is 18.8 Å². The minimum absolute atomic E-state index is 0.174.